The van der Waals surface area contributed by atoms with Crippen molar-refractivity contribution >= 4 is 17.9 Å². The van der Waals surface area contributed by atoms with Crippen LogP contribution in [0.15, 0.2) is 24.3 Å². The molecule has 0 aliphatic heterocycles. The first-order valence-electron chi connectivity index (χ1n) is 8.24. The monoisotopic (exact) mass is 367 g/mol. The van der Waals surface area contributed by atoms with Crippen molar-refractivity contribution in [1.29, 1.82) is 0 Å². The van der Waals surface area contributed by atoms with E-state index < -0.39 is 22.7 Å². The number of carbonyl (C=O) groups is 2. The fourth-order valence-electron chi connectivity index (χ4n) is 1.94. The van der Waals surface area contributed by atoms with E-state index in [4.69, 9.17) is 9.47 Å². The fourth-order valence-corrected chi connectivity index (χ4v) is 1.94. The number of hydrogen-bond donors (Lipinski definition) is 1. The highest BCUT2D eigenvalue weighted by Crippen LogP contribution is 2.13. The van der Waals surface area contributed by atoms with Crippen LogP contribution in [-0.2, 0) is 16.1 Å². The molecule has 0 aromatic heterocycles. The number of non-ortho nitro benzene ring substituents is 1. The molecule has 9 nitrogen and oxygen atoms in total. The summed E-state index contributed by atoms with van der Waals surface area (Å²) >= 11 is 0. The fraction of sp³-hybridized carbons (Fsp3) is 0.529. The predicted molar refractivity (Wildman–Crippen MR) is 94.8 cm³/mol. The van der Waals surface area contributed by atoms with Gasteiger partial charge in [-0.2, -0.15) is 0 Å². The van der Waals surface area contributed by atoms with Crippen LogP contribution < -0.4 is 5.32 Å². The molecule has 0 heterocycles. The maximum Gasteiger partial charge on any atom is 0.410 e. The van der Waals surface area contributed by atoms with Crippen LogP contribution in [0.25, 0.3) is 0 Å². The van der Waals surface area contributed by atoms with E-state index in [0.29, 0.717) is 12.1 Å². The van der Waals surface area contributed by atoms with Gasteiger partial charge in [0.25, 0.3) is 5.69 Å². The van der Waals surface area contributed by atoms with Gasteiger partial charge >= 0.3 is 12.2 Å². The van der Waals surface area contributed by atoms with Crippen molar-refractivity contribution in [2.45, 2.75) is 39.9 Å². The minimum absolute atomic E-state index is 0.00677. The number of ether oxygens (including phenoxy) is 2. The second-order valence-electron chi connectivity index (χ2n) is 6.49. The third-order valence-electron chi connectivity index (χ3n) is 3.20. The lowest BCUT2D eigenvalue weighted by Crippen LogP contribution is -2.40. The largest absolute Gasteiger partial charge is 0.445 e. The molecule has 26 heavy (non-hydrogen) atoms. The molecule has 9 heteroatoms. The van der Waals surface area contributed by atoms with E-state index in [2.05, 4.69) is 5.32 Å². The van der Waals surface area contributed by atoms with Crippen molar-refractivity contribution in [3.63, 3.8) is 0 Å². The SMILES string of the molecule is CCN(CCNC(=O)OC(C)(C)C)C(=O)OCc1ccc([N+](=O)[O-])cc1. The Morgan fingerprint density at radius 1 is 1.23 bits per heavy atom. The van der Waals surface area contributed by atoms with Gasteiger partial charge in [0.1, 0.15) is 12.2 Å². The third-order valence-corrected chi connectivity index (χ3v) is 3.20. The number of benzene rings is 1. The van der Waals surface area contributed by atoms with E-state index >= 15 is 0 Å². The quantitative estimate of drug-likeness (QED) is 0.585. The standard InChI is InChI=1S/C17H25N3O6/c1-5-19(11-10-18-15(21)26-17(2,3)4)16(22)25-12-13-6-8-14(9-7-13)20(23)24/h6-9H,5,10-12H2,1-4H3,(H,18,21). The Hall–Kier alpha value is -2.84. The molecule has 0 bridgehead atoms. The molecule has 0 radical (unpaired) electrons. The van der Waals surface area contributed by atoms with Crippen molar-refractivity contribution in [2.75, 3.05) is 19.6 Å². The van der Waals surface area contributed by atoms with Gasteiger partial charge in [-0.15, -0.1) is 0 Å². The van der Waals surface area contributed by atoms with Crippen LogP contribution in [0.3, 0.4) is 0 Å². The number of alkyl carbamates (subject to hydrolysis) is 1. The molecule has 0 saturated heterocycles. The number of likely N-dealkylation sites (N-methyl/N-ethyl adjacent to an activating group) is 1. The first-order valence-corrected chi connectivity index (χ1v) is 8.24. The predicted octanol–water partition coefficient (Wildman–Crippen LogP) is 3.08. The van der Waals surface area contributed by atoms with Gasteiger partial charge in [0.05, 0.1) is 4.92 Å². The molecular weight excluding hydrogens is 342 g/mol. The zero-order valence-electron chi connectivity index (χ0n) is 15.5. The van der Waals surface area contributed by atoms with Crippen molar-refractivity contribution in [3.8, 4) is 0 Å². The van der Waals surface area contributed by atoms with Crippen LogP contribution in [-0.4, -0.2) is 47.2 Å². The summed E-state index contributed by atoms with van der Waals surface area (Å²) in [4.78, 5) is 35.2. The highest BCUT2D eigenvalue weighted by atomic mass is 16.6. The molecule has 0 aliphatic carbocycles. The zero-order chi connectivity index (χ0) is 19.7. The normalized spacial score (nSPS) is 10.8. The first kappa shape index (κ1) is 21.2. The van der Waals surface area contributed by atoms with Gasteiger partial charge in [0.15, 0.2) is 0 Å². The number of nitrogens with one attached hydrogen (secondary N) is 1. The van der Waals surface area contributed by atoms with Gasteiger partial charge in [-0.25, -0.2) is 9.59 Å². The summed E-state index contributed by atoms with van der Waals surface area (Å²) in [6, 6.07) is 5.77. The van der Waals surface area contributed by atoms with Gasteiger partial charge in [-0.05, 0) is 45.4 Å². The molecule has 0 unspecified atom stereocenters. The van der Waals surface area contributed by atoms with Crippen molar-refractivity contribution < 1.29 is 24.0 Å². The summed E-state index contributed by atoms with van der Waals surface area (Å²) in [5.74, 6) is 0. The summed E-state index contributed by atoms with van der Waals surface area (Å²) in [5.41, 5.74) is 0.0356. The van der Waals surface area contributed by atoms with E-state index in [1.165, 1.54) is 29.2 Å². The number of nitrogens with zero attached hydrogens (tertiary/aromatic N) is 2. The molecule has 1 aromatic carbocycles. The lowest BCUT2D eigenvalue weighted by Gasteiger charge is -2.22. The average molecular weight is 367 g/mol. The summed E-state index contributed by atoms with van der Waals surface area (Å²) in [7, 11) is 0. The molecule has 0 spiro atoms. The van der Waals surface area contributed by atoms with Gasteiger partial charge < -0.3 is 19.7 Å². The molecule has 0 fully saturated rings. The Labute approximate surface area is 152 Å². The number of nitro benzene ring substituents is 1. The van der Waals surface area contributed by atoms with Gasteiger partial charge in [-0.3, -0.25) is 10.1 Å². The Balaban J connectivity index is 2.41. The van der Waals surface area contributed by atoms with Crippen LogP contribution in [0.2, 0.25) is 0 Å². The molecule has 2 amide bonds. The van der Waals surface area contributed by atoms with Crippen molar-refractivity contribution in [2.24, 2.45) is 0 Å². The Kier molecular flexibility index (Phi) is 7.82. The Bertz CT molecular complexity index is 624. The topological polar surface area (TPSA) is 111 Å². The van der Waals surface area contributed by atoms with Gasteiger partial charge in [-0.1, -0.05) is 0 Å². The number of rotatable bonds is 7. The van der Waals surface area contributed by atoms with Crippen LogP contribution in [0, 0.1) is 10.1 Å². The molecule has 0 aliphatic rings. The molecular formula is C17H25N3O6. The third kappa shape index (κ3) is 7.82. The lowest BCUT2D eigenvalue weighted by atomic mass is 10.2. The summed E-state index contributed by atoms with van der Waals surface area (Å²) in [5, 5.41) is 13.2. The summed E-state index contributed by atoms with van der Waals surface area (Å²) in [6.45, 7) is 8.01. The minimum atomic E-state index is -0.585. The van der Waals surface area contributed by atoms with E-state index in [1.54, 1.807) is 27.7 Å². The number of nitro groups is 1. The summed E-state index contributed by atoms with van der Waals surface area (Å²) in [6.07, 6.45) is -1.08. The molecule has 0 atom stereocenters. The van der Waals surface area contributed by atoms with Crippen molar-refractivity contribution in [3.05, 3.63) is 39.9 Å². The number of amides is 2. The minimum Gasteiger partial charge on any atom is -0.445 e. The van der Waals surface area contributed by atoms with E-state index in [9.17, 15) is 19.7 Å². The molecule has 144 valence electrons. The lowest BCUT2D eigenvalue weighted by molar-refractivity contribution is -0.384. The highest BCUT2D eigenvalue weighted by molar-refractivity contribution is 5.69. The second-order valence-corrected chi connectivity index (χ2v) is 6.49. The Morgan fingerprint density at radius 2 is 1.85 bits per heavy atom. The smallest absolute Gasteiger partial charge is 0.410 e. The van der Waals surface area contributed by atoms with Gasteiger partial charge in [0.2, 0.25) is 0 Å². The first-order chi connectivity index (χ1) is 12.1. The molecule has 1 N–H and O–H groups in total. The highest BCUT2D eigenvalue weighted by Gasteiger charge is 2.17. The van der Waals surface area contributed by atoms with Crippen LogP contribution in [0.4, 0.5) is 15.3 Å². The summed E-state index contributed by atoms with van der Waals surface area (Å²) < 4.78 is 10.3. The van der Waals surface area contributed by atoms with E-state index in [0.717, 1.165) is 0 Å². The maximum absolute atomic E-state index is 12.1. The molecule has 1 aromatic rings. The average Bonchev–Trinajstić information content (AvgIpc) is 2.55. The maximum atomic E-state index is 12.1. The van der Waals surface area contributed by atoms with Crippen LogP contribution in [0.5, 0.6) is 0 Å². The van der Waals surface area contributed by atoms with E-state index in [1.807, 2.05) is 0 Å². The van der Waals surface area contributed by atoms with Crippen LogP contribution >= 0.6 is 0 Å². The van der Waals surface area contributed by atoms with Crippen LogP contribution in [0.1, 0.15) is 33.3 Å². The molecule has 1 rings (SSSR count). The van der Waals surface area contributed by atoms with Crippen molar-refractivity contribution in [1.82, 2.24) is 10.2 Å². The van der Waals surface area contributed by atoms with Gasteiger partial charge in [0, 0.05) is 31.8 Å². The zero-order valence-corrected chi connectivity index (χ0v) is 15.5. The van der Waals surface area contributed by atoms with E-state index in [-0.39, 0.29) is 25.4 Å². The Morgan fingerprint density at radius 3 is 2.35 bits per heavy atom. The number of carbonyl (C=O) groups excluding carboxylic acids is 2. The second kappa shape index (κ2) is 9.59. The molecule has 0 saturated carbocycles. The number of hydrogen-bond acceptors (Lipinski definition) is 6.